The number of hydrogen-bond acceptors (Lipinski definition) is 5. The van der Waals surface area contributed by atoms with Gasteiger partial charge in [-0.25, -0.2) is 13.2 Å². The Morgan fingerprint density at radius 3 is 2.35 bits per heavy atom. The number of halogens is 2. The Hall–Kier alpha value is -1.88. The molecule has 4 amide bonds. The molecule has 1 saturated carbocycles. The molecule has 168 valence electrons. The van der Waals surface area contributed by atoms with E-state index in [0.29, 0.717) is 12.8 Å². The van der Waals surface area contributed by atoms with Gasteiger partial charge in [0.2, 0.25) is 15.9 Å². The van der Waals surface area contributed by atoms with Gasteiger partial charge in [0.25, 0.3) is 5.91 Å². The summed E-state index contributed by atoms with van der Waals surface area (Å²) in [5, 5.41) is 3.07. The normalized spacial score (nSPS) is 21.7. The Bertz CT molecular complexity index is 1030. The smallest absolute Gasteiger partial charge is 0.325 e. The number of nitrogens with zero attached hydrogens (tertiary/aromatic N) is 3. The number of piperazine rings is 1. The Morgan fingerprint density at radius 2 is 1.71 bits per heavy atom. The van der Waals surface area contributed by atoms with Crippen LogP contribution in [0.5, 0.6) is 0 Å². The molecule has 1 aromatic rings. The summed E-state index contributed by atoms with van der Waals surface area (Å²) in [5.74, 6) is -0.739. The van der Waals surface area contributed by atoms with Crippen LogP contribution < -0.4 is 5.32 Å². The monoisotopic (exact) mass is 488 g/mol. The highest BCUT2D eigenvalue weighted by molar-refractivity contribution is 7.89. The highest BCUT2D eigenvalue weighted by Gasteiger charge is 2.53. The van der Waals surface area contributed by atoms with Gasteiger partial charge in [-0.3, -0.25) is 14.5 Å². The lowest BCUT2D eigenvalue weighted by molar-refractivity contribution is -0.139. The molecule has 0 unspecified atom stereocenters. The SMILES string of the molecule is O=C(CN1C(=O)NC2(CCCC2)C1=O)N1CCN(S(=O)(=O)c2cc(Cl)ccc2Cl)CC1. The van der Waals surface area contributed by atoms with Crippen LogP contribution in [0.25, 0.3) is 0 Å². The largest absolute Gasteiger partial charge is 0.338 e. The van der Waals surface area contributed by atoms with E-state index in [-0.39, 0.29) is 53.6 Å². The molecule has 2 aliphatic heterocycles. The van der Waals surface area contributed by atoms with Crippen LogP contribution in [0, 0.1) is 0 Å². The number of sulfonamides is 1. The molecule has 1 aliphatic carbocycles. The van der Waals surface area contributed by atoms with Crippen LogP contribution in [-0.4, -0.2) is 78.6 Å². The van der Waals surface area contributed by atoms with Gasteiger partial charge in [0.15, 0.2) is 0 Å². The summed E-state index contributed by atoms with van der Waals surface area (Å²) < 4.78 is 27.1. The summed E-state index contributed by atoms with van der Waals surface area (Å²) in [7, 11) is -3.87. The van der Waals surface area contributed by atoms with Gasteiger partial charge >= 0.3 is 6.03 Å². The zero-order valence-corrected chi connectivity index (χ0v) is 19.0. The zero-order chi connectivity index (χ0) is 22.4. The Balaban J connectivity index is 1.39. The maximum Gasteiger partial charge on any atom is 0.325 e. The van der Waals surface area contributed by atoms with Crippen LogP contribution in [0.15, 0.2) is 23.1 Å². The quantitative estimate of drug-likeness (QED) is 0.648. The zero-order valence-electron chi connectivity index (χ0n) is 16.6. The van der Waals surface area contributed by atoms with Crippen LogP contribution in [0.1, 0.15) is 25.7 Å². The van der Waals surface area contributed by atoms with E-state index in [2.05, 4.69) is 5.32 Å². The predicted molar refractivity (Wildman–Crippen MR) is 113 cm³/mol. The van der Waals surface area contributed by atoms with E-state index >= 15 is 0 Å². The van der Waals surface area contributed by atoms with Crippen molar-refractivity contribution >= 4 is 51.1 Å². The number of rotatable bonds is 4. The second kappa shape index (κ2) is 8.23. The third kappa shape index (κ3) is 4.02. The molecule has 9 nitrogen and oxygen atoms in total. The van der Waals surface area contributed by atoms with E-state index in [1.807, 2.05) is 0 Å². The first-order chi connectivity index (χ1) is 14.6. The van der Waals surface area contributed by atoms with Gasteiger partial charge in [0.05, 0.1) is 5.02 Å². The van der Waals surface area contributed by atoms with Crippen LogP contribution >= 0.6 is 23.2 Å². The van der Waals surface area contributed by atoms with Crippen molar-refractivity contribution in [1.29, 1.82) is 0 Å². The molecule has 3 aliphatic rings. The second-order valence-electron chi connectivity index (χ2n) is 7.97. The Kier molecular flexibility index (Phi) is 5.93. The lowest BCUT2D eigenvalue weighted by Crippen LogP contribution is -2.53. The molecule has 0 bridgehead atoms. The predicted octanol–water partition coefficient (Wildman–Crippen LogP) is 1.69. The van der Waals surface area contributed by atoms with Gasteiger partial charge in [0, 0.05) is 31.2 Å². The molecule has 2 saturated heterocycles. The molecule has 12 heteroatoms. The maximum atomic E-state index is 12.9. The molecular weight excluding hydrogens is 467 g/mol. The maximum absolute atomic E-state index is 12.9. The van der Waals surface area contributed by atoms with Gasteiger partial charge in [-0.1, -0.05) is 36.0 Å². The topological polar surface area (TPSA) is 107 Å². The molecule has 31 heavy (non-hydrogen) atoms. The average molecular weight is 489 g/mol. The molecular formula is C19H22Cl2N4O5S. The number of imide groups is 1. The third-order valence-electron chi connectivity index (χ3n) is 6.10. The summed E-state index contributed by atoms with van der Waals surface area (Å²) in [6.07, 6.45) is 2.90. The molecule has 3 fully saturated rings. The van der Waals surface area contributed by atoms with Gasteiger partial charge < -0.3 is 10.2 Å². The number of carbonyl (C=O) groups excluding carboxylic acids is 3. The molecule has 1 aromatic carbocycles. The highest BCUT2D eigenvalue weighted by atomic mass is 35.5. The number of hydrogen-bond donors (Lipinski definition) is 1. The number of urea groups is 1. The molecule has 2 heterocycles. The summed E-state index contributed by atoms with van der Waals surface area (Å²) in [5.41, 5.74) is -0.861. The molecule has 1 N–H and O–H groups in total. The van der Waals surface area contributed by atoms with E-state index in [4.69, 9.17) is 23.2 Å². The summed E-state index contributed by atoms with van der Waals surface area (Å²) in [4.78, 5) is 40.1. The van der Waals surface area contributed by atoms with Crippen LogP contribution in [-0.2, 0) is 19.6 Å². The first-order valence-electron chi connectivity index (χ1n) is 10.0. The summed E-state index contributed by atoms with van der Waals surface area (Å²) >= 11 is 12.0. The van der Waals surface area contributed by atoms with Gasteiger partial charge in [0.1, 0.15) is 17.0 Å². The lowest BCUT2D eigenvalue weighted by atomic mass is 9.98. The number of amides is 4. The highest BCUT2D eigenvalue weighted by Crippen LogP contribution is 2.35. The van der Waals surface area contributed by atoms with Crippen molar-refractivity contribution in [3.8, 4) is 0 Å². The Labute approximate surface area is 190 Å². The van der Waals surface area contributed by atoms with E-state index in [1.165, 1.54) is 27.4 Å². The summed E-state index contributed by atoms with van der Waals surface area (Å²) in [6, 6.07) is 3.68. The second-order valence-corrected chi connectivity index (χ2v) is 10.7. The first kappa shape index (κ1) is 22.3. The van der Waals surface area contributed by atoms with Crippen LogP contribution in [0.3, 0.4) is 0 Å². The Morgan fingerprint density at radius 1 is 1.06 bits per heavy atom. The van der Waals surface area contributed by atoms with Gasteiger partial charge in [-0.15, -0.1) is 0 Å². The van der Waals surface area contributed by atoms with Crippen molar-refractivity contribution < 1.29 is 22.8 Å². The third-order valence-corrected chi connectivity index (χ3v) is 8.71. The van der Waals surface area contributed by atoms with Crippen molar-refractivity contribution in [1.82, 2.24) is 19.4 Å². The fraction of sp³-hybridized carbons (Fsp3) is 0.526. The van der Waals surface area contributed by atoms with Gasteiger partial charge in [-0.05, 0) is 31.0 Å². The van der Waals surface area contributed by atoms with E-state index in [9.17, 15) is 22.8 Å². The van der Waals surface area contributed by atoms with Crippen LogP contribution in [0.4, 0.5) is 4.79 Å². The minimum atomic E-state index is -3.87. The fourth-order valence-corrected chi connectivity index (χ4v) is 6.52. The molecule has 0 atom stereocenters. The standard InChI is InChI=1S/C19H22Cl2N4O5S/c20-13-3-4-14(21)15(11-13)31(29,30)24-9-7-23(8-10-24)16(26)12-25-17(27)19(22-18(25)28)5-1-2-6-19/h3-4,11H,1-2,5-10,12H2,(H,22,28). The molecule has 1 spiro atoms. The number of carbonyl (C=O) groups is 3. The number of benzene rings is 1. The summed E-state index contributed by atoms with van der Waals surface area (Å²) in [6.45, 7) is 0.0807. The van der Waals surface area contributed by atoms with Gasteiger partial charge in [-0.2, -0.15) is 4.31 Å². The van der Waals surface area contributed by atoms with Crippen molar-refractivity contribution in [2.24, 2.45) is 0 Å². The minimum absolute atomic E-state index is 0.0704. The molecule has 4 rings (SSSR count). The molecule has 0 aromatic heterocycles. The van der Waals surface area contributed by atoms with E-state index in [0.717, 1.165) is 17.7 Å². The van der Waals surface area contributed by atoms with Crippen LogP contribution in [0.2, 0.25) is 10.0 Å². The van der Waals surface area contributed by atoms with E-state index in [1.54, 1.807) is 0 Å². The van der Waals surface area contributed by atoms with Crippen molar-refractivity contribution in [3.63, 3.8) is 0 Å². The first-order valence-corrected chi connectivity index (χ1v) is 12.2. The fourth-order valence-electron chi connectivity index (χ4n) is 4.36. The van der Waals surface area contributed by atoms with Crippen molar-refractivity contribution in [2.75, 3.05) is 32.7 Å². The molecule has 0 radical (unpaired) electrons. The van der Waals surface area contributed by atoms with Crippen molar-refractivity contribution in [2.45, 2.75) is 36.1 Å². The number of nitrogens with one attached hydrogen (secondary N) is 1. The minimum Gasteiger partial charge on any atom is -0.338 e. The van der Waals surface area contributed by atoms with E-state index < -0.39 is 27.5 Å². The van der Waals surface area contributed by atoms with Crippen molar-refractivity contribution in [3.05, 3.63) is 28.2 Å². The average Bonchev–Trinajstić information content (AvgIpc) is 3.30. The lowest BCUT2D eigenvalue weighted by Gasteiger charge is -2.34.